The minimum absolute atomic E-state index is 0.0407. The summed E-state index contributed by atoms with van der Waals surface area (Å²) in [5, 5.41) is 19.7. The van der Waals surface area contributed by atoms with Gasteiger partial charge in [0.25, 0.3) is 0 Å². The molecule has 1 aromatic carbocycles. The highest BCUT2D eigenvalue weighted by molar-refractivity contribution is 5.98. The van der Waals surface area contributed by atoms with Crippen LogP contribution in [-0.2, 0) is 13.0 Å². The SMILES string of the molecule is CCCCC(=O)c1ccc2c(c1CO)O[C@@H](C(C)(C)O)C2. The summed E-state index contributed by atoms with van der Waals surface area (Å²) in [6.07, 6.45) is 2.53. The van der Waals surface area contributed by atoms with Crippen molar-refractivity contribution in [3.05, 3.63) is 28.8 Å². The van der Waals surface area contributed by atoms with Gasteiger partial charge in [-0.2, -0.15) is 0 Å². The highest BCUT2D eigenvalue weighted by Gasteiger charge is 2.36. The fourth-order valence-electron chi connectivity index (χ4n) is 2.65. The van der Waals surface area contributed by atoms with Crippen molar-refractivity contribution in [2.24, 2.45) is 0 Å². The second-order valence-corrected chi connectivity index (χ2v) is 6.23. The fourth-order valence-corrected chi connectivity index (χ4v) is 2.65. The molecule has 0 spiro atoms. The number of benzene rings is 1. The summed E-state index contributed by atoms with van der Waals surface area (Å²) in [5.41, 5.74) is 1.08. The highest BCUT2D eigenvalue weighted by Crippen LogP contribution is 2.38. The molecule has 1 aromatic rings. The standard InChI is InChI=1S/C17H24O4/c1-4-5-6-14(19)12-8-7-11-9-15(17(2,3)20)21-16(11)13(12)10-18/h7-8,15,18,20H,4-6,9-10H2,1-3H3/t15-/m1/s1. The summed E-state index contributed by atoms with van der Waals surface area (Å²) in [7, 11) is 0. The van der Waals surface area contributed by atoms with Gasteiger partial charge >= 0.3 is 0 Å². The average Bonchev–Trinajstić information content (AvgIpc) is 2.87. The summed E-state index contributed by atoms with van der Waals surface area (Å²) in [5.74, 6) is 0.617. The van der Waals surface area contributed by atoms with Gasteiger partial charge in [-0.15, -0.1) is 0 Å². The molecule has 2 N–H and O–H groups in total. The predicted molar refractivity (Wildman–Crippen MR) is 80.6 cm³/mol. The molecular formula is C17H24O4. The molecule has 0 aromatic heterocycles. The maximum absolute atomic E-state index is 12.2. The first-order valence-corrected chi connectivity index (χ1v) is 7.56. The van der Waals surface area contributed by atoms with Crippen LogP contribution >= 0.6 is 0 Å². The maximum Gasteiger partial charge on any atom is 0.163 e. The van der Waals surface area contributed by atoms with Crippen LogP contribution in [0.25, 0.3) is 0 Å². The van der Waals surface area contributed by atoms with E-state index in [4.69, 9.17) is 4.74 Å². The Morgan fingerprint density at radius 2 is 2.14 bits per heavy atom. The number of ketones is 1. The molecule has 2 rings (SSSR count). The molecule has 0 aliphatic carbocycles. The molecule has 1 aliphatic rings. The number of hydrogen-bond acceptors (Lipinski definition) is 4. The number of ether oxygens (including phenoxy) is 1. The number of aliphatic hydroxyl groups excluding tert-OH is 1. The van der Waals surface area contributed by atoms with Gasteiger partial charge in [-0.1, -0.05) is 25.5 Å². The lowest BCUT2D eigenvalue weighted by molar-refractivity contribution is -0.0235. The van der Waals surface area contributed by atoms with Crippen molar-refractivity contribution in [1.82, 2.24) is 0 Å². The third kappa shape index (κ3) is 3.27. The highest BCUT2D eigenvalue weighted by atomic mass is 16.5. The van der Waals surface area contributed by atoms with E-state index in [1.807, 2.05) is 13.0 Å². The van der Waals surface area contributed by atoms with Crippen molar-refractivity contribution in [2.45, 2.75) is 64.8 Å². The topological polar surface area (TPSA) is 66.8 Å². The zero-order valence-electron chi connectivity index (χ0n) is 13.0. The Morgan fingerprint density at radius 3 is 2.71 bits per heavy atom. The van der Waals surface area contributed by atoms with E-state index in [9.17, 15) is 15.0 Å². The average molecular weight is 292 g/mol. The zero-order valence-corrected chi connectivity index (χ0v) is 13.0. The van der Waals surface area contributed by atoms with Gasteiger partial charge in [-0.3, -0.25) is 4.79 Å². The van der Waals surface area contributed by atoms with Gasteiger partial charge in [0.15, 0.2) is 5.78 Å². The molecule has 1 heterocycles. The first-order valence-electron chi connectivity index (χ1n) is 7.56. The van der Waals surface area contributed by atoms with E-state index in [1.165, 1.54) is 0 Å². The molecule has 4 heteroatoms. The number of fused-ring (bicyclic) bond motifs is 1. The third-order valence-electron chi connectivity index (χ3n) is 4.01. The fraction of sp³-hybridized carbons (Fsp3) is 0.588. The van der Waals surface area contributed by atoms with E-state index >= 15 is 0 Å². The number of aliphatic hydroxyl groups is 2. The van der Waals surface area contributed by atoms with Gasteiger partial charge in [0.2, 0.25) is 0 Å². The summed E-state index contributed by atoms with van der Waals surface area (Å²) >= 11 is 0. The van der Waals surface area contributed by atoms with Crippen LogP contribution < -0.4 is 4.74 Å². The van der Waals surface area contributed by atoms with Crippen molar-refractivity contribution in [3.8, 4) is 5.75 Å². The van der Waals surface area contributed by atoms with Crippen molar-refractivity contribution >= 4 is 5.78 Å². The first-order chi connectivity index (χ1) is 9.88. The van der Waals surface area contributed by atoms with Crippen LogP contribution in [0.15, 0.2) is 12.1 Å². The lowest BCUT2D eigenvalue weighted by atomic mass is 9.94. The summed E-state index contributed by atoms with van der Waals surface area (Å²) < 4.78 is 5.83. The Labute approximate surface area is 125 Å². The molecule has 0 unspecified atom stereocenters. The quantitative estimate of drug-likeness (QED) is 0.791. The zero-order chi connectivity index (χ0) is 15.6. The van der Waals surface area contributed by atoms with Gasteiger partial charge in [-0.25, -0.2) is 0 Å². The number of Topliss-reactive ketones (excluding diaryl/α,β-unsaturated/α-hetero) is 1. The van der Waals surface area contributed by atoms with E-state index < -0.39 is 5.60 Å². The van der Waals surface area contributed by atoms with E-state index in [0.29, 0.717) is 29.7 Å². The molecular weight excluding hydrogens is 268 g/mol. The van der Waals surface area contributed by atoms with Crippen molar-refractivity contribution in [2.75, 3.05) is 0 Å². The molecule has 1 aliphatic heterocycles. The number of unbranched alkanes of at least 4 members (excludes halogenated alkanes) is 1. The summed E-state index contributed by atoms with van der Waals surface area (Å²) in [6, 6.07) is 3.65. The molecule has 0 saturated carbocycles. The molecule has 0 saturated heterocycles. The summed E-state index contributed by atoms with van der Waals surface area (Å²) in [6.45, 7) is 5.22. The second-order valence-electron chi connectivity index (χ2n) is 6.23. The van der Waals surface area contributed by atoms with Gasteiger partial charge in [0.1, 0.15) is 11.9 Å². The van der Waals surface area contributed by atoms with Crippen LogP contribution in [0.4, 0.5) is 0 Å². The van der Waals surface area contributed by atoms with Gasteiger partial charge in [-0.05, 0) is 25.8 Å². The monoisotopic (exact) mass is 292 g/mol. The number of carbonyl (C=O) groups excluding carboxylic acids is 1. The lowest BCUT2D eigenvalue weighted by Gasteiger charge is -2.25. The lowest BCUT2D eigenvalue weighted by Crippen LogP contribution is -2.39. The minimum Gasteiger partial charge on any atom is -0.486 e. The predicted octanol–water partition coefficient (Wildman–Crippen LogP) is 2.63. The Bertz CT molecular complexity index is 528. The molecule has 1 atom stereocenters. The van der Waals surface area contributed by atoms with Gasteiger partial charge < -0.3 is 14.9 Å². The van der Waals surface area contributed by atoms with E-state index in [1.54, 1.807) is 19.9 Å². The molecule has 116 valence electrons. The largest absolute Gasteiger partial charge is 0.486 e. The minimum atomic E-state index is -0.960. The van der Waals surface area contributed by atoms with Crippen LogP contribution in [0, 0.1) is 0 Å². The first kappa shape index (κ1) is 16.0. The van der Waals surface area contributed by atoms with Crippen molar-refractivity contribution in [3.63, 3.8) is 0 Å². The van der Waals surface area contributed by atoms with Crippen LogP contribution in [0.1, 0.15) is 61.5 Å². The van der Waals surface area contributed by atoms with E-state index in [-0.39, 0.29) is 18.5 Å². The molecule has 0 amide bonds. The van der Waals surface area contributed by atoms with Gasteiger partial charge in [0.05, 0.1) is 12.2 Å². The second kappa shape index (κ2) is 6.16. The van der Waals surface area contributed by atoms with Crippen molar-refractivity contribution < 1.29 is 19.7 Å². The van der Waals surface area contributed by atoms with E-state index in [0.717, 1.165) is 18.4 Å². The normalized spacial score (nSPS) is 17.5. The van der Waals surface area contributed by atoms with Crippen LogP contribution in [0.3, 0.4) is 0 Å². The maximum atomic E-state index is 12.2. The Kier molecular flexibility index (Phi) is 4.69. The van der Waals surface area contributed by atoms with Crippen LogP contribution in [-0.4, -0.2) is 27.7 Å². The molecule has 21 heavy (non-hydrogen) atoms. The molecule has 0 radical (unpaired) electrons. The third-order valence-corrected chi connectivity index (χ3v) is 4.01. The Balaban J connectivity index is 2.32. The molecule has 0 bridgehead atoms. The summed E-state index contributed by atoms with van der Waals surface area (Å²) in [4.78, 5) is 12.2. The number of hydrogen-bond donors (Lipinski definition) is 2. The van der Waals surface area contributed by atoms with Crippen LogP contribution in [0.2, 0.25) is 0 Å². The van der Waals surface area contributed by atoms with E-state index in [2.05, 4.69) is 0 Å². The van der Waals surface area contributed by atoms with Crippen molar-refractivity contribution in [1.29, 1.82) is 0 Å². The number of rotatable bonds is 6. The molecule has 0 fully saturated rings. The molecule has 4 nitrogen and oxygen atoms in total. The smallest absolute Gasteiger partial charge is 0.163 e. The number of carbonyl (C=O) groups is 1. The Morgan fingerprint density at radius 1 is 1.43 bits per heavy atom. The van der Waals surface area contributed by atoms with Crippen LogP contribution in [0.5, 0.6) is 5.75 Å². The van der Waals surface area contributed by atoms with Gasteiger partial charge in [0, 0.05) is 24.0 Å². The Hall–Kier alpha value is -1.39.